The van der Waals surface area contributed by atoms with Gasteiger partial charge in [-0.25, -0.2) is 4.58 Å². The lowest BCUT2D eigenvalue weighted by Gasteiger charge is -2.39. The molecule has 41 heavy (non-hydrogen) atoms. The van der Waals surface area contributed by atoms with Crippen molar-refractivity contribution in [2.24, 2.45) is 0 Å². The standard InChI is InChI=1S/C38H37N2O/c1-24-10-12-25(13-11-24)26-14-16-27(17-15-26)34-32-22-28-6-2-18-39-20-4-8-30(35(28)39)37(32)41-38-31-9-5-21-40-19-3-7-29(36(31)40)23-33(34)38/h10-17,22-23H,2-9,18-21H2,1H3/q+1. The van der Waals surface area contributed by atoms with Crippen LogP contribution in [0.5, 0.6) is 11.5 Å². The van der Waals surface area contributed by atoms with Crippen LogP contribution in [-0.2, 0) is 25.7 Å². The minimum atomic E-state index is 1.11. The number of anilines is 1. The van der Waals surface area contributed by atoms with Crippen LogP contribution < -0.4 is 24.8 Å². The maximum atomic E-state index is 7.20. The predicted octanol–water partition coefficient (Wildman–Crippen LogP) is 6.10. The number of rotatable bonds is 2. The number of benzene rings is 4. The molecule has 5 aliphatic rings. The molecule has 0 bridgehead atoms. The second-order valence-electron chi connectivity index (χ2n) is 12.8. The molecule has 0 fully saturated rings. The van der Waals surface area contributed by atoms with Crippen LogP contribution in [0.2, 0.25) is 0 Å². The third kappa shape index (κ3) is 3.60. The van der Waals surface area contributed by atoms with Crippen molar-refractivity contribution in [1.29, 1.82) is 0 Å². The van der Waals surface area contributed by atoms with Crippen molar-refractivity contribution < 1.29 is 4.74 Å². The molecule has 5 aliphatic heterocycles. The van der Waals surface area contributed by atoms with Crippen molar-refractivity contribution in [2.75, 3.05) is 31.1 Å². The molecule has 0 N–H and O–H groups in total. The van der Waals surface area contributed by atoms with E-state index in [1.807, 2.05) is 0 Å². The van der Waals surface area contributed by atoms with Gasteiger partial charge in [0.25, 0.3) is 0 Å². The van der Waals surface area contributed by atoms with Crippen molar-refractivity contribution in [3.63, 3.8) is 0 Å². The largest absolute Gasteiger partial charge is 0.455 e. The van der Waals surface area contributed by atoms with Gasteiger partial charge in [-0.2, -0.15) is 0 Å². The second kappa shape index (κ2) is 9.08. The first-order valence-corrected chi connectivity index (χ1v) is 15.8. The number of hydrogen-bond donors (Lipinski definition) is 0. The van der Waals surface area contributed by atoms with Crippen LogP contribution in [0.15, 0.2) is 60.7 Å². The van der Waals surface area contributed by atoms with E-state index >= 15 is 0 Å². The van der Waals surface area contributed by atoms with Gasteiger partial charge in [-0.1, -0.05) is 54.1 Å². The Labute approximate surface area is 242 Å². The molecule has 4 aromatic carbocycles. The Kier molecular flexibility index (Phi) is 5.27. The van der Waals surface area contributed by atoms with Crippen molar-refractivity contribution in [3.8, 4) is 22.6 Å². The Morgan fingerprint density at radius 1 is 0.659 bits per heavy atom. The van der Waals surface area contributed by atoms with E-state index in [0.29, 0.717) is 0 Å². The van der Waals surface area contributed by atoms with E-state index in [0.717, 1.165) is 24.3 Å². The molecule has 0 spiro atoms. The highest BCUT2D eigenvalue weighted by molar-refractivity contribution is 5.89. The fraction of sp³-hybridized carbons (Fsp3) is 0.342. The third-order valence-electron chi connectivity index (χ3n) is 10.2. The van der Waals surface area contributed by atoms with E-state index in [4.69, 9.17) is 4.74 Å². The Hall–Kier alpha value is -3.85. The van der Waals surface area contributed by atoms with Crippen molar-refractivity contribution in [1.82, 2.24) is 4.58 Å². The van der Waals surface area contributed by atoms with Gasteiger partial charge in [-0.15, -0.1) is 0 Å². The average Bonchev–Trinajstić information content (AvgIpc) is 3.01. The van der Waals surface area contributed by atoms with Gasteiger partial charge >= 0.3 is 0 Å². The molecule has 0 saturated heterocycles. The molecule has 0 aliphatic carbocycles. The molecule has 4 aromatic rings. The summed E-state index contributed by atoms with van der Waals surface area (Å²) in [7, 11) is 0. The summed E-state index contributed by atoms with van der Waals surface area (Å²) in [5.41, 5.74) is 15.3. The van der Waals surface area contributed by atoms with Gasteiger partial charge < -0.3 is 9.64 Å². The highest BCUT2D eigenvalue weighted by atomic mass is 16.5. The van der Waals surface area contributed by atoms with Crippen LogP contribution in [-0.4, -0.2) is 26.2 Å². The SMILES string of the molecule is Cc1ccc(-c2ccc(C3=c4cc5c6c(c4Oc4c3cc3c7c4CCCN7CCC3)CCC[N+]=6CCC5)cc2)cc1. The summed E-state index contributed by atoms with van der Waals surface area (Å²) < 4.78 is 9.84. The summed E-state index contributed by atoms with van der Waals surface area (Å²) in [6, 6.07) is 23.3. The summed E-state index contributed by atoms with van der Waals surface area (Å²) in [5.74, 6) is 2.29. The normalized spacial score (nSPS) is 18.2. The number of fused-ring (bicyclic) bond motifs is 4. The number of nitrogens with zero attached hydrogens (tertiary/aromatic N) is 2. The maximum Gasteiger partial charge on any atom is 0.210 e. The maximum absolute atomic E-state index is 7.20. The van der Waals surface area contributed by atoms with Crippen LogP contribution in [0.1, 0.15) is 64.6 Å². The van der Waals surface area contributed by atoms with Crippen molar-refractivity contribution in [3.05, 3.63) is 110 Å². The first-order valence-electron chi connectivity index (χ1n) is 15.8. The van der Waals surface area contributed by atoms with E-state index in [9.17, 15) is 0 Å². The van der Waals surface area contributed by atoms with Gasteiger partial charge in [0.05, 0.1) is 5.56 Å². The summed E-state index contributed by atoms with van der Waals surface area (Å²) >= 11 is 0. The predicted molar refractivity (Wildman–Crippen MR) is 167 cm³/mol. The minimum absolute atomic E-state index is 1.11. The Morgan fingerprint density at radius 3 is 2.12 bits per heavy atom. The lowest BCUT2D eigenvalue weighted by atomic mass is 9.82. The zero-order chi connectivity index (χ0) is 27.1. The van der Waals surface area contributed by atoms with E-state index in [-0.39, 0.29) is 0 Å². The van der Waals surface area contributed by atoms with Crippen LogP contribution in [0.4, 0.5) is 5.69 Å². The third-order valence-corrected chi connectivity index (χ3v) is 10.2. The van der Waals surface area contributed by atoms with Gasteiger partial charge in [0.15, 0.2) is 0 Å². The van der Waals surface area contributed by atoms with E-state index < -0.39 is 0 Å². The molecule has 0 aromatic heterocycles. The van der Waals surface area contributed by atoms with E-state index in [1.165, 1.54) is 137 Å². The first-order chi connectivity index (χ1) is 20.2. The Balaban J connectivity index is 1.33. The lowest BCUT2D eigenvalue weighted by molar-refractivity contribution is 0.431. The van der Waals surface area contributed by atoms with Crippen LogP contribution >= 0.6 is 0 Å². The van der Waals surface area contributed by atoms with E-state index in [1.54, 1.807) is 0 Å². The first kappa shape index (κ1) is 23.8. The fourth-order valence-corrected chi connectivity index (χ4v) is 8.40. The second-order valence-corrected chi connectivity index (χ2v) is 12.8. The molecule has 5 heterocycles. The van der Waals surface area contributed by atoms with Crippen LogP contribution in [0.25, 0.3) is 16.7 Å². The molecule has 0 atom stereocenters. The number of ether oxygens (including phenoxy) is 1. The molecule has 0 radical (unpaired) electrons. The zero-order valence-electron chi connectivity index (χ0n) is 24.1. The fourth-order valence-electron chi connectivity index (χ4n) is 8.40. The topological polar surface area (TPSA) is 15.5 Å². The van der Waals surface area contributed by atoms with Gasteiger partial charge in [-0.3, -0.25) is 0 Å². The molecule has 9 rings (SSSR count). The average molecular weight is 538 g/mol. The molecule has 3 nitrogen and oxygen atoms in total. The smallest absolute Gasteiger partial charge is 0.210 e. The summed E-state index contributed by atoms with van der Waals surface area (Å²) in [6.07, 6.45) is 9.49. The summed E-state index contributed by atoms with van der Waals surface area (Å²) in [4.78, 5) is 2.64. The molecular weight excluding hydrogens is 500 g/mol. The van der Waals surface area contributed by atoms with E-state index in [2.05, 4.69) is 77.1 Å². The zero-order valence-corrected chi connectivity index (χ0v) is 24.1. The number of aryl methyl sites for hydroxylation is 3. The van der Waals surface area contributed by atoms with Crippen molar-refractivity contribution in [2.45, 2.75) is 58.3 Å². The van der Waals surface area contributed by atoms with Crippen LogP contribution in [0, 0.1) is 6.92 Å². The molecule has 0 unspecified atom stereocenters. The van der Waals surface area contributed by atoms with Gasteiger partial charge in [0.1, 0.15) is 24.6 Å². The Morgan fingerprint density at radius 2 is 1.32 bits per heavy atom. The molecule has 3 heteroatoms. The van der Waals surface area contributed by atoms with Crippen molar-refractivity contribution >= 4 is 11.3 Å². The molecule has 0 amide bonds. The summed E-state index contributed by atoms with van der Waals surface area (Å²) in [5, 5.41) is 2.81. The molecular formula is C38H37N2O+. The molecule has 0 saturated carbocycles. The van der Waals surface area contributed by atoms with Gasteiger partial charge in [-0.05, 0) is 79.8 Å². The monoisotopic (exact) mass is 537 g/mol. The lowest BCUT2D eigenvalue weighted by Crippen LogP contribution is -2.45. The highest BCUT2D eigenvalue weighted by Crippen LogP contribution is 2.48. The van der Waals surface area contributed by atoms with Gasteiger partial charge in [0, 0.05) is 59.1 Å². The van der Waals surface area contributed by atoms with Gasteiger partial charge in [0.2, 0.25) is 5.36 Å². The highest BCUT2D eigenvalue weighted by Gasteiger charge is 2.35. The Bertz CT molecular complexity index is 1860. The number of hydrogen-bond acceptors (Lipinski definition) is 2. The quantitative estimate of drug-likeness (QED) is 0.253. The molecule has 204 valence electrons. The van der Waals surface area contributed by atoms with Crippen LogP contribution in [0.3, 0.4) is 0 Å². The summed E-state index contributed by atoms with van der Waals surface area (Å²) in [6.45, 7) is 6.88. The minimum Gasteiger partial charge on any atom is -0.455 e.